The first-order valence-corrected chi connectivity index (χ1v) is 10.5. The normalized spacial score (nSPS) is 15.5. The number of halogens is 1. The van der Waals surface area contributed by atoms with Crippen LogP contribution in [0.25, 0.3) is 0 Å². The Labute approximate surface area is 117 Å². The summed E-state index contributed by atoms with van der Waals surface area (Å²) < 4.78 is 6.41. The molecule has 0 rings (SSSR count). The molecule has 3 heteroatoms. The molecule has 0 bridgehead atoms. The van der Waals surface area contributed by atoms with Gasteiger partial charge in [0.1, 0.15) is 0 Å². The summed E-state index contributed by atoms with van der Waals surface area (Å²) in [5.41, 5.74) is 0. The lowest BCUT2D eigenvalue weighted by Gasteiger charge is -2.38. The first-order valence-electron chi connectivity index (χ1n) is 6.69. The van der Waals surface area contributed by atoms with Crippen LogP contribution in [0.3, 0.4) is 0 Å². The second-order valence-electron chi connectivity index (χ2n) is 6.23. The molecule has 0 aromatic heterocycles. The molecule has 0 unspecified atom stereocenters. The van der Waals surface area contributed by atoms with E-state index in [1.807, 2.05) is 4.99 Å². The summed E-state index contributed by atoms with van der Waals surface area (Å²) in [5, 5.41) is 0.288. The first-order chi connectivity index (χ1) is 7.74. The van der Waals surface area contributed by atoms with Gasteiger partial charge >= 0.3 is 0 Å². The Hall–Kier alpha value is 0.397. The Balaban J connectivity index is 4.43. The maximum atomic E-state index is 6.41. The molecule has 102 valence electrons. The predicted molar refractivity (Wildman–Crippen MR) is 84.3 cm³/mol. The molecule has 0 spiro atoms. The Bertz CT molecular complexity index is 231. The van der Waals surface area contributed by atoms with Crippen molar-refractivity contribution in [3.8, 4) is 0 Å². The Morgan fingerprint density at radius 2 is 1.82 bits per heavy atom. The third-order valence-electron chi connectivity index (χ3n) is 3.63. The highest BCUT2D eigenvalue weighted by Gasteiger charge is 2.38. The van der Waals surface area contributed by atoms with Crippen LogP contribution < -0.4 is 0 Å². The number of hydrogen-bond donors (Lipinski definition) is 0. The van der Waals surface area contributed by atoms with Gasteiger partial charge in [-0.15, -0.1) is 0 Å². The third-order valence-corrected chi connectivity index (χ3v) is 8.44. The largest absolute Gasteiger partial charge is 0.411 e. The zero-order valence-corrected chi connectivity index (χ0v) is 14.9. The summed E-state index contributed by atoms with van der Waals surface area (Å²) in [6.07, 6.45) is 7.39. The van der Waals surface area contributed by atoms with Gasteiger partial charge in [0.05, 0.1) is 6.10 Å². The molecule has 0 fully saturated rings. The highest BCUT2D eigenvalue weighted by atomic mass is 79.9. The second kappa shape index (κ2) is 7.75. The zero-order chi connectivity index (χ0) is 13.5. The Morgan fingerprint density at radius 3 is 2.24 bits per heavy atom. The van der Waals surface area contributed by atoms with Crippen molar-refractivity contribution in [3.63, 3.8) is 0 Å². The highest BCUT2D eigenvalue weighted by Crippen LogP contribution is 2.37. The van der Waals surface area contributed by atoms with E-state index in [9.17, 15) is 0 Å². The monoisotopic (exact) mass is 320 g/mol. The van der Waals surface area contributed by atoms with E-state index < -0.39 is 8.32 Å². The predicted octanol–water partition coefficient (Wildman–Crippen LogP) is 5.87. The van der Waals surface area contributed by atoms with Crippen molar-refractivity contribution in [2.75, 3.05) is 0 Å². The summed E-state index contributed by atoms with van der Waals surface area (Å²) in [7, 11) is -1.64. The number of hydrogen-bond acceptors (Lipinski definition) is 1. The minimum Gasteiger partial charge on any atom is -0.411 e. The fraction of sp³-hybridized carbons (Fsp3) is 0.857. The molecule has 0 aromatic rings. The molecule has 17 heavy (non-hydrogen) atoms. The summed E-state index contributed by atoms with van der Waals surface area (Å²) in [4.78, 5) is 1.94. The summed E-state index contributed by atoms with van der Waals surface area (Å²) >= 11 is 3.37. The van der Waals surface area contributed by atoms with E-state index in [1.165, 1.54) is 19.3 Å². The van der Waals surface area contributed by atoms with E-state index in [4.69, 9.17) is 4.43 Å². The molecule has 0 saturated carbocycles. The van der Waals surface area contributed by atoms with Gasteiger partial charge in [-0.3, -0.25) is 0 Å². The van der Waals surface area contributed by atoms with E-state index in [0.717, 1.165) is 6.42 Å². The van der Waals surface area contributed by atoms with Crippen LogP contribution in [0.5, 0.6) is 0 Å². The average Bonchev–Trinajstić information content (AvgIpc) is 2.16. The minimum absolute atomic E-state index is 0.279. The molecule has 0 N–H and O–H groups in total. The van der Waals surface area contributed by atoms with Crippen molar-refractivity contribution in [3.05, 3.63) is 11.1 Å². The van der Waals surface area contributed by atoms with Crippen LogP contribution in [0.2, 0.25) is 18.1 Å². The van der Waals surface area contributed by atoms with Crippen molar-refractivity contribution < 1.29 is 4.43 Å². The van der Waals surface area contributed by atoms with Gasteiger partial charge in [0.15, 0.2) is 8.32 Å². The van der Waals surface area contributed by atoms with Crippen LogP contribution in [0.15, 0.2) is 11.1 Å². The highest BCUT2D eigenvalue weighted by molar-refractivity contribution is 9.11. The summed E-state index contributed by atoms with van der Waals surface area (Å²) in [6, 6.07) is 0. The topological polar surface area (TPSA) is 9.23 Å². The average molecular weight is 321 g/mol. The second-order valence-corrected chi connectivity index (χ2v) is 11.5. The standard InChI is InChI=1S/C14H29BrOSi/c1-7-8-9-10-13(11-12-15)16-17(5,6)14(2,3)4/h11-13H,7-10H2,1-6H3/b12-11+/t13-/m0/s1. The van der Waals surface area contributed by atoms with Gasteiger partial charge in [-0.25, -0.2) is 0 Å². The Morgan fingerprint density at radius 1 is 1.24 bits per heavy atom. The fourth-order valence-corrected chi connectivity index (χ4v) is 3.07. The van der Waals surface area contributed by atoms with Crippen molar-refractivity contribution >= 4 is 24.2 Å². The molecule has 0 aliphatic carbocycles. The number of rotatable bonds is 7. The van der Waals surface area contributed by atoms with Crippen LogP contribution in [-0.4, -0.2) is 14.4 Å². The zero-order valence-electron chi connectivity index (χ0n) is 12.3. The quantitative estimate of drug-likeness (QED) is 0.421. The number of unbranched alkanes of at least 4 members (excludes halogenated alkanes) is 2. The van der Waals surface area contributed by atoms with Gasteiger partial charge in [-0.2, -0.15) is 0 Å². The van der Waals surface area contributed by atoms with E-state index in [2.05, 4.69) is 62.8 Å². The van der Waals surface area contributed by atoms with E-state index in [-0.39, 0.29) is 11.1 Å². The van der Waals surface area contributed by atoms with Gasteiger partial charge in [-0.05, 0) is 29.5 Å². The molecule has 1 nitrogen and oxygen atoms in total. The molecule has 0 amide bonds. The van der Waals surface area contributed by atoms with Gasteiger partial charge in [-0.1, -0.05) is 69.0 Å². The lowest BCUT2D eigenvalue weighted by molar-refractivity contribution is 0.211. The van der Waals surface area contributed by atoms with E-state index >= 15 is 0 Å². The lowest BCUT2D eigenvalue weighted by atomic mass is 10.1. The van der Waals surface area contributed by atoms with Crippen molar-refractivity contribution in [2.24, 2.45) is 0 Å². The summed E-state index contributed by atoms with van der Waals surface area (Å²) in [6.45, 7) is 13.8. The van der Waals surface area contributed by atoms with Gasteiger partial charge in [0.2, 0.25) is 0 Å². The minimum atomic E-state index is -1.64. The smallest absolute Gasteiger partial charge is 0.192 e. The molecule has 0 aromatic carbocycles. The van der Waals surface area contributed by atoms with E-state index in [0.29, 0.717) is 0 Å². The van der Waals surface area contributed by atoms with Crippen LogP contribution in [0, 0.1) is 0 Å². The maximum absolute atomic E-state index is 6.41. The molecule has 1 atom stereocenters. The van der Waals surface area contributed by atoms with Gasteiger partial charge < -0.3 is 4.43 Å². The van der Waals surface area contributed by atoms with E-state index in [1.54, 1.807) is 0 Å². The maximum Gasteiger partial charge on any atom is 0.192 e. The van der Waals surface area contributed by atoms with Crippen molar-refractivity contribution in [2.45, 2.75) is 77.6 Å². The molecular formula is C14H29BrOSi. The van der Waals surface area contributed by atoms with Gasteiger partial charge in [0.25, 0.3) is 0 Å². The van der Waals surface area contributed by atoms with Crippen LogP contribution in [-0.2, 0) is 4.43 Å². The molecule has 0 aliphatic heterocycles. The molecule has 0 saturated heterocycles. The molecule has 0 radical (unpaired) electrons. The molecular weight excluding hydrogens is 292 g/mol. The van der Waals surface area contributed by atoms with Crippen LogP contribution in [0.4, 0.5) is 0 Å². The van der Waals surface area contributed by atoms with Crippen molar-refractivity contribution in [1.82, 2.24) is 0 Å². The van der Waals surface area contributed by atoms with Crippen molar-refractivity contribution in [1.29, 1.82) is 0 Å². The molecule has 0 heterocycles. The van der Waals surface area contributed by atoms with Crippen LogP contribution in [0.1, 0.15) is 53.4 Å². The molecule has 0 aliphatic rings. The van der Waals surface area contributed by atoms with Crippen LogP contribution >= 0.6 is 15.9 Å². The Kier molecular flexibility index (Phi) is 7.93. The first kappa shape index (κ1) is 17.4. The fourth-order valence-electron chi connectivity index (χ4n) is 1.43. The SMILES string of the molecule is CCCCC[C@@H](/C=C/Br)O[Si](C)(C)C(C)(C)C. The van der Waals surface area contributed by atoms with Gasteiger partial charge in [0, 0.05) is 0 Å². The summed E-state index contributed by atoms with van der Waals surface area (Å²) in [5.74, 6) is 0. The lowest BCUT2D eigenvalue weighted by Crippen LogP contribution is -2.43. The third kappa shape index (κ3) is 6.78.